The summed E-state index contributed by atoms with van der Waals surface area (Å²) in [4.78, 5) is 38.8. The van der Waals surface area contributed by atoms with E-state index in [-0.39, 0.29) is 44.0 Å². The molecule has 2 N–H and O–H groups in total. The number of phosphoric ester groups is 1. The SMILES string of the molecule is COCCCCC(=O)N1C[C@H](O)C[C@H]1COP(=O)(O)O[C@@H]1C[C@@H](COC)N(C(=O)CCCCOC)C1. The van der Waals surface area contributed by atoms with Gasteiger partial charge in [-0.15, -0.1) is 0 Å². The third-order valence-electron chi connectivity index (χ3n) is 6.46. The quantitative estimate of drug-likeness (QED) is 0.206. The molecular weight excluding hydrogens is 495 g/mol. The van der Waals surface area contributed by atoms with Crippen LogP contribution in [0.5, 0.6) is 0 Å². The van der Waals surface area contributed by atoms with E-state index in [2.05, 4.69) is 0 Å². The van der Waals surface area contributed by atoms with Crippen LogP contribution < -0.4 is 0 Å². The third-order valence-corrected chi connectivity index (χ3v) is 7.50. The van der Waals surface area contributed by atoms with Gasteiger partial charge in [-0.05, 0) is 38.5 Å². The van der Waals surface area contributed by atoms with Crippen molar-refractivity contribution >= 4 is 19.6 Å². The number of carbonyl (C=O) groups is 2. The number of likely N-dealkylation sites (tertiary alicyclic amines) is 2. The molecule has 0 radical (unpaired) electrons. The van der Waals surface area contributed by atoms with Crippen LogP contribution >= 0.6 is 7.82 Å². The summed E-state index contributed by atoms with van der Waals surface area (Å²) in [5.74, 6) is -0.199. The van der Waals surface area contributed by atoms with E-state index in [9.17, 15) is 24.2 Å². The Morgan fingerprint density at radius 3 is 1.94 bits per heavy atom. The van der Waals surface area contributed by atoms with E-state index >= 15 is 0 Å². The van der Waals surface area contributed by atoms with Gasteiger partial charge in [-0.1, -0.05) is 0 Å². The molecule has 210 valence electrons. The smallest absolute Gasteiger partial charge is 0.391 e. The number of methoxy groups -OCH3 is 3. The first-order chi connectivity index (χ1) is 17.2. The molecule has 0 aromatic carbocycles. The number of unbranched alkanes of at least 4 members (excludes halogenated alkanes) is 2. The predicted molar refractivity (Wildman–Crippen MR) is 130 cm³/mol. The lowest BCUT2D eigenvalue weighted by atomic mass is 10.2. The maximum Gasteiger partial charge on any atom is 0.472 e. The first kappa shape index (κ1) is 31.1. The lowest BCUT2D eigenvalue weighted by Gasteiger charge is -2.25. The molecule has 36 heavy (non-hydrogen) atoms. The number of β-amino-alcohol motifs (C(OH)–C–C–N with tert-alkyl or cyclic N) is 1. The normalized spacial score (nSPS) is 25.9. The van der Waals surface area contributed by atoms with Gasteiger partial charge in [-0.3, -0.25) is 18.6 Å². The van der Waals surface area contributed by atoms with E-state index in [1.54, 1.807) is 19.1 Å². The molecule has 5 atom stereocenters. The van der Waals surface area contributed by atoms with Crippen molar-refractivity contribution in [2.24, 2.45) is 0 Å². The lowest BCUT2D eigenvalue weighted by molar-refractivity contribution is -0.133. The molecule has 2 aliphatic rings. The number of rotatable bonds is 17. The highest BCUT2D eigenvalue weighted by atomic mass is 31.2. The maximum atomic E-state index is 12.7. The Kier molecular flexibility index (Phi) is 13.8. The van der Waals surface area contributed by atoms with Gasteiger partial charge >= 0.3 is 7.82 Å². The molecule has 0 aliphatic carbocycles. The molecule has 13 heteroatoms. The van der Waals surface area contributed by atoms with Crippen LogP contribution in [0.2, 0.25) is 0 Å². The molecule has 2 saturated heterocycles. The molecule has 0 aromatic rings. The second kappa shape index (κ2) is 16.0. The van der Waals surface area contributed by atoms with Gasteiger partial charge in [0.2, 0.25) is 11.8 Å². The number of phosphoric acid groups is 1. The van der Waals surface area contributed by atoms with Crippen LogP contribution in [0.3, 0.4) is 0 Å². The Balaban J connectivity index is 1.86. The molecule has 0 bridgehead atoms. The highest BCUT2D eigenvalue weighted by molar-refractivity contribution is 7.47. The Morgan fingerprint density at radius 1 is 0.833 bits per heavy atom. The molecule has 12 nitrogen and oxygen atoms in total. The van der Waals surface area contributed by atoms with Crippen molar-refractivity contribution in [1.29, 1.82) is 0 Å². The average molecular weight is 539 g/mol. The minimum atomic E-state index is -4.46. The number of ether oxygens (including phenoxy) is 3. The van der Waals surface area contributed by atoms with E-state index in [0.29, 0.717) is 51.9 Å². The van der Waals surface area contributed by atoms with Gasteiger partial charge < -0.3 is 34.0 Å². The molecule has 2 fully saturated rings. The Bertz CT molecular complexity index is 727. The summed E-state index contributed by atoms with van der Waals surface area (Å²) in [6, 6.07) is -0.778. The number of hydrogen-bond acceptors (Lipinski definition) is 9. The number of carbonyl (C=O) groups excluding carboxylic acids is 2. The van der Waals surface area contributed by atoms with Gasteiger partial charge in [0, 0.05) is 60.5 Å². The lowest BCUT2D eigenvalue weighted by Crippen LogP contribution is -2.38. The minimum Gasteiger partial charge on any atom is -0.391 e. The fourth-order valence-electron chi connectivity index (χ4n) is 4.69. The number of amides is 2. The minimum absolute atomic E-state index is 0.0625. The Labute approximate surface area is 213 Å². The first-order valence-corrected chi connectivity index (χ1v) is 14.1. The van der Waals surface area contributed by atoms with E-state index in [1.807, 2.05) is 0 Å². The number of aliphatic hydroxyl groups is 1. The van der Waals surface area contributed by atoms with Crippen LogP contribution in [0.4, 0.5) is 0 Å². The van der Waals surface area contributed by atoms with Crippen molar-refractivity contribution in [2.45, 2.75) is 75.7 Å². The standard InChI is InChI=1S/C23H43N2O10P/c1-31-10-6-4-8-22(27)24-14-20(26)12-18(24)17-34-36(29,30)35-21-13-19(16-33-3)25(15-21)23(28)9-5-7-11-32-2/h18-21,26H,4-17H2,1-3H3,(H,29,30)/t18-,19-,20+,21+/m0/s1. The molecule has 2 rings (SSSR count). The summed E-state index contributed by atoms with van der Waals surface area (Å²) in [5, 5.41) is 10.1. The highest BCUT2D eigenvalue weighted by Gasteiger charge is 2.41. The van der Waals surface area contributed by atoms with E-state index in [4.69, 9.17) is 23.3 Å². The van der Waals surface area contributed by atoms with E-state index < -0.39 is 26.1 Å². The molecule has 2 aliphatic heterocycles. The zero-order valence-electron chi connectivity index (χ0n) is 21.7. The molecule has 1 unspecified atom stereocenters. The van der Waals surface area contributed by atoms with Crippen LogP contribution in [0.25, 0.3) is 0 Å². The van der Waals surface area contributed by atoms with Crippen molar-refractivity contribution < 1.29 is 47.4 Å². The second-order valence-corrected chi connectivity index (χ2v) is 10.8. The summed E-state index contributed by atoms with van der Waals surface area (Å²) >= 11 is 0. The summed E-state index contributed by atoms with van der Waals surface area (Å²) in [6.45, 7) is 1.54. The van der Waals surface area contributed by atoms with Crippen molar-refractivity contribution in [2.75, 3.05) is 60.8 Å². The van der Waals surface area contributed by atoms with Gasteiger partial charge in [0.25, 0.3) is 0 Å². The summed E-state index contributed by atoms with van der Waals surface area (Å²) in [7, 11) is 0.289. The molecular formula is C23H43N2O10P. The second-order valence-electron chi connectivity index (χ2n) is 9.37. The molecule has 0 saturated carbocycles. The first-order valence-electron chi connectivity index (χ1n) is 12.6. The Hall–Kier alpha value is -1.11. The zero-order valence-corrected chi connectivity index (χ0v) is 22.6. The fourth-order valence-corrected chi connectivity index (χ4v) is 5.64. The van der Waals surface area contributed by atoms with Gasteiger partial charge in [0.15, 0.2) is 0 Å². The fraction of sp³-hybridized carbons (Fsp3) is 0.913. The van der Waals surface area contributed by atoms with Gasteiger partial charge in [-0.25, -0.2) is 4.57 Å². The van der Waals surface area contributed by atoms with Crippen molar-refractivity contribution in [1.82, 2.24) is 9.80 Å². The van der Waals surface area contributed by atoms with Crippen molar-refractivity contribution in [3.8, 4) is 0 Å². The number of aliphatic hydroxyl groups excluding tert-OH is 1. The Morgan fingerprint density at radius 2 is 1.39 bits per heavy atom. The highest BCUT2D eigenvalue weighted by Crippen LogP contribution is 2.47. The molecule has 2 amide bonds. The van der Waals surface area contributed by atoms with Gasteiger partial charge in [0.05, 0.1) is 37.5 Å². The topological polar surface area (TPSA) is 144 Å². The number of nitrogens with zero attached hydrogens (tertiary/aromatic N) is 2. The van der Waals surface area contributed by atoms with Crippen LogP contribution in [0.1, 0.15) is 51.4 Å². The maximum absolute atomic E-state index is 12.7. The van der Waals surface area contributed by atoms with Crippen molar-refractivity contribution in [3.05, 3.63) is 0 Å². The van der Waals surface area contributed by atoms with Crippen LogP contribution in [-0.2, 0) is 37.4 Å². The molecule has 0 aromatic heterocycles. The van der Waals surface area contributed by atoms with E-state index in [1.165, 1.54) is 12.0 Å². The summed E-state index contributed by atoms with van der Waals surface area (Å²) < 4.78 is 38.6. The predicted octanol–water partition coefficient (Wildman–Crippen LogP) is 1.33. The summed E-state index contributed by atoms with van der Waals surface area (Å²) in [6.07, 6.45) is 2.72. The zero-order chi connectivity index (χ0) is 26.6. The van der Waals surface area contributed by atoms with Crippen LogP contribution in [0.15, 0.2) is 0 Å². The van der Waals surface area contributed by atoms with Crippen LogP contribution in [0, 0.1) is 0 Å². The van der Waals surface area contributed by atoms with Crippen LogP contribution in [-0.4, -0.2) is 117 Å². The van der Waals surface area contributed by atoms with Gasteiger partial charge in [-0.2, -0.15) is 0 Å². The van der Waals surface area contributed by atoms with Gasteiger partial charge in [0.1, 0.15) is 0 Å². The average Bonchev–Trinajstić information content (AvgIpc) is 3.40. The summed E-state index contributed by atoms with van der Waals surface area (Å²) in [5.41, 5.74) is 0. The number of hydrogen-bond donors (Lipinski definition) is 2. The van der Waals surface area contributed by atoms with Crippen molar-refractivity contribution in [3.63, 3.8) is 0 Å². The third kappa shape index (κ3) is 10.3. The largest absolute Gasteiger partial charge is 0.472 e. The monoisotopic (exact) mass is 538 g/mol. The molecule has 2 heterocycles. The molecule has 0 spiro atoms. The van der Waals surface area contributed by atoms with E-state index in [0.717, 1.165) is 12.8 Å².